The van der Waals surface area contributed by atoms with Gasteiger partial charge in [-0.1, -0.05) is 60.3 Å². The van der Waals surface area contributed by atoms with Crippen LogP contribution >= 0.6 is 0 Å². The minimum Gasteiger partial charge on any atom is -0.396 e. The summed E-state index contributed by atoms with van der Waals surface area (Å²) in [4.78, 5) is 9.97. The Bertz CT molecular complexity index is 190. The molecule has 1 saturated carbocycles. The Hall–Kier alpha value is -0.370. The molecular formula is C18H38O2. The molecule has 0 atom stereocenters. The number of aliphatic hydroxyl groups excluding tert-OH is 1. The molecule has 1 N–H and O–H groups in total. The maximum Gasteiger partial charge on any atom is 0.123 e. The van der Waals surface area contributed by atoms with Gasteiger partial charge in [-0.05, 0) is 37.5 Å². The van der Waals surface area contributed by atoms with Crippen molar-refractivity contribution < 1.29 is 9.90 Å². The van der Waals surface area contributed by atoms with Gasteiger partial charge in [0.05, 0.1) is 0 Å². The zero-order valence-corrected chi connectivity index (χ0v) is 14.6. The lowest BCUT2D eigenvalue weighted by atomic mass is 9.74. The molecule has 122 valence electrons. The molecule has 0 spiro atoms. The number of aliphatic hydroxyl groups is 1. The highest BCUT2D eigenvalue weighted by atomic mass is 16.2. The number of rotatable bonds is 5. The molecule has 0 radical (unpaired) electrons. The van der Waals surface area contributed by atoms with Gasteiger partial charge in [0, 0.05) is 12.5 Å². The highest BCUT2D eigenvalue weighted by Crippen LogP contribution is 2.38. The van der Waals surface area contributed by atoms with Crippen LogP contribution in [0.2, 0.25) is 0 Å². The largest absolute Gasteiger partial charge is 0.396 e. The molecule has 2 nitrogen and oxygen atoms in total. The van der Waals surface area contributed by atoms with Crippen molar-refractivity contribution >= 4 is 6.29 Å². The molecular weight excluding hydrogens is 248 g/mol. The molecule has 0 bridgehead atoms. The molecule has 20 heavy (non-hydrogen) atoms. The smallest absolute Gasteiger partial charge is 0.123 e. The Labute approximate surface area is 127 Å². The van der Waals surface area contributed by atoms with Crippen molar-refractivity contribution in [1.29, 1.82) is 0 Å². The van der Waals surface area contributed by atoms with Crippen LogP contribution in [0.15, 0.2) is 0 Å². The monoisotopic (exact) mass is 286 g/mol. The van der Waals surface area contributed by atoms with Gasteiger partial charge >= 0.3 is 0 Å². The Morgan fingerprint density at radius 2 is 1.50 bits per heavy atom. The highest BCUT2D eigenvalue weighted by molar-refractivity contribution is 5.52. The van der Waals surface area contributed by atoms with Crippen molar-refractivity contribution in [3.05, 3.63) is 0 Å². The summed E-state index contributed by atoms with van der Waals surface area (Å²) < 4.78 is 0. The van der Waals surface area contributed by atoms with Crippen molar-refractivity contribution in [3.8, 4) is 0 Å². The second-order valence-electron chi connectivity index (χ2n) is 6.16. The van der Waals surface area contributed by atoms with E-state index in [-0.39, 0.29) is 0 Å². The van der Waals surface area contributed by atoms with E-state index in [1.807, 2.05) is 20.8 Å². The fourth-order valence-corrected chi connectivity index (χ4v) is 2.24. The van der Waals surface area contributed by atoms with Crippen molar-refractivity contribution in [1.82, 2.24) is 0 Å². The van der Waals surface area contributed by atoms with Crippen LogP contribution in [0.3, 0.4) is 0 Å². The highest BCUT2D eigenvalue weighted by Gasteiger charge is 2.23. The van der Waals surface area contributed by atoms with Crippen LogP contribution in [0, 0.1) is 11.3 Å². The van der Waals surface area contributed by atoms with Gasteiger partial charge in [0.25, 0.3) is 0 Å². The quantitative estimate of drug-likeness (QED) is 0.689. The predicted molar refractivity (Wildman–Crippen MR) is 89.0 cm³/mol. The zero-order valence-electron chi connectivity index (χ0n) is 14.6. The molecule has 1 fully saturated rings. The summed E-state index contributed by atoms with van der Waals surface area (Å²) in [6, 6.07) is 0. The minimum atomic E-state index is 0.306. The normalized spacial score (nSPS) is 16.6. The summed E-state index contributed by atoms with van der Waals surface area (Å²) in [5.74, 6) is 0.306. The first kappa shape index (κ1) is 21.9. The van der Waals surface area contributed by atoms with Crippen LogP contribution in [0.4, 0.5) is 0 Å². The second kappa shape index (κ2) is 15.0. The summed E-state index contributed by atoms with van der Waals surface area (Å²) in [6.07, 6.45) is 12.6. The van der Waals surface area contributed by atoms with Gasteiger partial charge in [0.15, 0.2) is 0 Å². The van der Waals surface area contributed by atoms with E-state index in [9.17, 15) is 4.79 Å². The third-order valence-electron chi connectivity index (χ3n) is 4.38. The summed E-state index contributed by atoms with van der Waals surface area (Å²) in [6.45, 7) is 11.1. The maximum absolute atomic E-state index is 9.97. The van der Waals surface area contributed by atoms with Crippen molar-refractivity contribution in [2.45, 2.75) is 92.4 Å². The first-order valence-corrected chi connectivity index (χ1v) is 8.59. The average molecular weight is 286 g/mol. The van der Waals surface area contributed by atoms with Gasteiger partial charge < -0.3 is 9.90 Å². The standard InChI is InChI=1S/C9H18.C6H12O.C3H8O/c1-3-9(2)7-5-4-6-8-9;1-3-6(4-2)5-7;1-2-3-4/h3-8H2,1-2H3;5-6H,3-4H2,1-2H3;4H,2-3H2,1H3. The van der Waals surface area contributed by atoms with E-state index < -0.39 is 0 Å². The van der Waals surface area contributed by atoms with E-state index in [0.29, 0.717) is 12.5 Å². The second-order valence-corrected chi connectivity index (χ2v) is 6.16. The van der Waals surface area contributed by atoms with E-state index in [0.717, 1.165) is 31.0 Å². The van der Waals surface area contributed by atoms with Crippen LogP contribution in [0.5, 0.6) is 0 Å². The maximum atomic E-state index is 9.97. The molecule has 1 aliphatic carbocycles. The van der Waals surface area contributed by atoms with E-state index in [4.69, 9.17) is 5.11 Å². The van der Waals surface area contributed by atoms with E-state index in [1.54, 1.807) is 0 Å². The SMILES string of the molecule is CCC(C=O)CC.CCC1(C)CCCCC1.CCCO. The lowest BCUT2D eigenvalue weighted by molar-refractivity contribution is -0.111. The first-order chi connectivity index (χ1) is 9.53. The zero-order chi connectivity index (χ0) is 15.9. The van der Waals surface area contributed by atoms with Gasteiger partial charge in [-0.15, -0.1) is 0 Å². The van der Waals surface area contributed by atoms with Crippen molar-refractivity contribution in [3.63, 3.8) is 0 Å². The predicted octanol–water partition coefficient (Wildman–Crippen LogP) is 5.38. The molecule has 0 aliphatic heterocycles. The summed E-state index contributed by atoms with van der Waals surface area (Å²) in [5, 5.41) is 7.88. The molecule has 0 amide bonds. The molecule has 0 aromatic carbocycles. The lowest BCUT2D eigenvalue weighted by Gasteiger charge is -2.32. The number of carbonyl (C=O) groups excluding carboxylic acids is 1. The molecule has 0 aromatic heterocycles. The molecule has 1 aliphatic rings. The van der Waals surface area contributed by atoms with E-state index in [1.165, 1.54) is 38.5 Å². The fraction of sp³-hybridized carbons (Fsp3) is 0.944. The van der Waals surface area contributed by atoms with Crippen molar-refractivity contribution in [2.24, 2.45) is 11.3 Å². The van der Waals surface area contributed by atoms with Crippen LogP contribution in [0.1, 0.15) is 92.4 Å². The Balaban J connectivity index is 0. The Morgan fingerprint density at radius 3 is 1.65 bits per heavy atom. The number of aldehydes is 1. The van der Waals surface area contributed by atoms with E-state index in [2.05, 4.69) is 13.8 Å². The van der Waals surface area contributed by atoms with Gasteiger partial charge in [-0.25, -0.2) is 0 Å². The van der Waals surface area contributed by atoms with E-state index >= 15 is 0 Å². The topological polar surface area (TPSA) is 37.3 Å². The molecule has 1 rings (SSSR count). The van der Waals surface area contributed by atoms with Gasteiger partial charge in [0.1, 0.15) is 6.29 Å². The minimum absolute atomic E-state index is 0.306. The van der Waals surface area contributed by atoms with Gasteiger partial charge in [-0.3, -0.25) is 0 Å². The third-order valence-corrected chi connectivity index (χ3v) is 4.38. The van der Waals surface area contributed by atoms with Crippen LogP contribution in [-0.2, 0) is 4.79 Å². The molecule has 0 aromatic rings. The number of carbonyl (C=O) groups is 1. The Morgan fingerprint density at radius 1 is 1.05 bits per heavy atom. The number of hydrogen-bond acceptors (Lipinski definition) is 2. The van der Waals surface area contributed by atoms with Crippen LogP contribution in [0.25, 0.3) is 0 Å². The van der Waals surface area contributed by atoms with Crippen LogP contribution in [-0.4, -0.2) is 18.0 Å². The molecule has 0 unspecified atom stereocenters. The Kier molecular flexibility index (Phi) is 16.5. The van der Waals surface area contributed by atoms with Gasteiger partial charge in [0.2, 0.25) is 0 Å². The lowest BCUT2D eigenvalue weighted by Crippen LogP contribution is -2.18. The number of hydrogen-bond donors (Lipinski definition) is 1. The third kappa shape index (κ3) is 12.7. The van der Waals surface area contributed by atoms with Crippen molar-refractivity contribution in [2.75, 3.05) is 6.61 Å². The summed E-state index contributed by atoms with van der Waals surface area (Å²) >= 11 is 0. The molecule has 0 heterocycles. The average Bonchev–Trinajstić information content (AvgIpc) is 2.51. The summed E-state index contributed by atoms with van der Waals surface area (Å²) in [7, 11) is 0. The van der Waals surface area contributed by atoms with Crippen LogP contribution < -0.4 is 0 Å². The first-order valence-electron chi connectivity index (χ1n) is 8.59. The molecule has 2 heteroatoms. The fourth-order valence-electron chi connectivity index (χ4n) is 2.24. The molecule has 0 saturated heterocycles. The summed E-state index contributed by atoms with van der Waals surface area (Å²) in [5.41, 5.74) is 0.720. The van der Waals surface area contributed by atoms with Gasteiger partial charge in [-0.2, -0.15) is 0 Å².